The zero-order valence-electron chi connectivity index (χ0n) is 13.0. The summed E-state index contributed by atoms with van der Waals surface area (Å²) in [6, 6.07) is 15.4. The molecule has 1 atom stereocenters. The van der Waals surface area contributed by atoms with E-state index in [1.54, 1.807) is 0 Å². The van der Waals surface area contributed by atoms with Crippen LogP contribution >= 0.6 is 27.5 Å². The van der Waals surface area contributed by atoms with Gasteiger partial charge in [-0.3, -0.25) is 0 Å². The van der Waals surface area contributed by atoms with Crippen LogP contribution in [0.4, 0.5) is 0 Å². The minimum Gasteiger partial charge on any atom is -0.489 e. The van der Waals surface area contributed by atoms with Crippen LogP contribution in [0.15, 0.2) is 46.9 Å². The minimum atomic E-state index is 0.117. The maximum atomic E-state index is 9.40. The first-order chi connectivity index (χ1) is 11.0. The molecule has 0 fully saturated rings. The van der Waals surface area contributed by atoms with Crippen LogP contribution in [0.3, 0.4) is 0 Å². The van der Waals surface area contributed by atoms with Crippen LogP contribution in [0.1, 0.15) is 31.4 Å². The van der Waals surface area contributed by atoms with Gasteiger partial charge in [0.1, 0.15) is 5.75 Å². The first kappa shape index (κ1) is 17.6. The van der Waals surface area contributed by atoms with Gasteiger partial charge in [-0.25, -0.2) is 0 Å². The lowest BCUT2D eigenvalue weighted by Gasteiger charge is -2.14. The Morgan fingerprint density at radius 2 is 2.00 bits per heavy atom. The molecule has 4 heteroatoms. The molecule has 0 bridgehead atoms. The fourth-order valence-corrected chi connectivity index (χ4v) is 2.48. The Bertz CT molecular complexity index is 747. The highest BCUT2D eigenvalue weighted by Crippen LogP contribution is 2.29. The van der Waals surface area contributed by atoms with Crippen molar-refractivity contribution in [1.29, 1.82) is 5.26 Å². The maximum absolute atomic E-state index is 9.40. The van der Waals surface area contributed by atoms with Crippen molar-refractivity contribution in [2.75, 3.05) is 0 Å². The van der Waals surface area contributed by atoms with Crippen LogP contribution in [0.5, 0.6) is 5.75 Å². The van der Waals surface area contributed by atoms with E-state index >= 15 is 0 Å². The third-order valence-electron chi connectivity index (χ3n) is 3.45. The Labute approximate surface area is 150 Å². The van der Waals surface area contributed by atoms with Crippen molar-refractivity contribution in [3.8, 4) is 11.8 Å². The zero-order valence-corrected chi connectivity index (χ0v) is 15.4. The first-order valence-electron chi connectivity index (χ1n) is 7.37. The minimum absolute atomic E-state index is 0.117. The van der Waals surface area contributed by atoms with Gasteiger partial charge in [0.15, 0.2) is 0 Å². The van der Waals surface area contributed by atoms with Crippen molar-refractivity contribution in [2.45, 2.75) is 26.4 Å². The molecule has 0 aliphatic heterocycles. The van der Waals surface area contributed by atoms with Crippen molar-refractivity contribution < 1.29 is 4.74 Å². The first-order valence-corrected chi connectivity index (χ1v) is 8.54. The molecular weight excluding hydrogens is 374 g/mol. The maximum Gasteiger partial charge on any atom is 0.138 e. The van der Waals surface area contributed by atoms with Gasteiger partial charge in [0.25, 0.3) is 0 Å². The smallest absolute Gasteiger partial charge is 0.138 e. The number of hydrogen-bond donors (Lipinski definition) is 0. The van der Waals surface area contributed by atoms with Gasteiger partial charge in [-0.2, -0.15) is 5.26 Å². The summed E-state index contributed by atoms with van der Waals surface area (Å²) in [5, 5.41) is 9.95. The molecule has 2 nitrogen and oxygen atoms in total. The number of halogens is 2. The number of benzene rings is 2. The molecule has 0 aliphatic rings. The summed E-state index contributed by atoms with van der Waals surface area (Å²) in [5.74, 6) is 0.667. The summed E-state index contributed by atoms with van der Waals surface area (Å²) in [4.78, 5) is 0. The predicted octanol–water partition coefficient (Wildman–Crippen LogP) is 6.34. The van der Waals surface area contributed by atoms with E-state index in [-0.39, 0.29) is 6.10 Å². The highest BCUT2D eigenvalue weighted by atomic mass is 79.9. The topological polar surface area (TPSA) is 33.0 Å². The molecule has 0 heterocycles. The molecule has 0 spiro atoms. The van der Waals surface area contributed by atoms with Gasteiger partial charge in [0.2, 0.25) is 0 Å². The third-order valence-corrected chi connectivity index (χ3v) is 4.27. The fourth-order valence-electron chi connectivity index (χ4n) is 1.98. The lowest BCUT2D eigenvalue weighted by atomic mass is 10.0. The summed E-state index contributed by atoms with van der Waals surface area (Å²) in [6.45, 7) is 4.07. The predicted molar refractivity (Wildman–Crippen MR) is 99.5 cm³/mol. The normalized spacial score (nSPS) is 12.6. The van der Waals surface area contributed by atoms with Crippen LogP contribution in [-0.4, -0.2) is 6.10 Å². The number of nitriles is 1. The van der Waals surface area contributed by atoms with Gasteiger partial charge in [0, 0.05) is 4.47 Å². The van der Waals surface area contributed by atoms with Crippen LogP contribution < -0.4 is 4.74 Å². The highest BCUT2D eigenvalue weighted by molar-refractivity contribution is 9.10. The summed E-state index contributed by atoms with van der Waals surface area (Å²) in [7, 11) is 0. The van der Waals surface area contributed by atoms with Crippen LogP contribution in [-0.2, 0) is 0 Å². The number of nitrogens with zero attached hydrogens (tertiary/aromatic N) is 1. The molecule has 0 N–H and O–H groups in total. The van der Waals surface area contributed by atoms with Gasteiger partial charge >= 0.3 is 0 Å². The van der Waals surface area contributed by atoms with E-state index in [1.807, 2.05) is 55.5 Å². The van der Waals surface area contributed by atoms with Crippen molar-refractivity contribution in [3.05, 3.63) is 63.1 Å². The molecule has 23 heavy (non-hydrogen) atoms. The summed E-state index contributed by atoms with van der Waals surface area (Å²) >= 11 is 9.67. The lowest BCUT2D eigenvalue weighted by Crippen LogP contribution is -2.09. The molecule has 0 saturated carbocycles. The number of hydrogen-bond acceptors (Lipinski definition) is 2. The van der Waals surface area contributed by atoms with Crippen molar-refractivity contribution in [2.24, 2.45) is 0 Å². The van der Waals surface area contributed by atoms with Gasteiger partial charge in [0.05, 0.1) is 22.8 Å². The Balaban J connectivity index is 2.29. The molecule has 2 rings (SSSR count). The second-order valence-electron chi connectivity index (χ2n) is 5.20. The average Bonchev–Trinajstić information content (AvgIpc) is 2.55. The molecule has 0 aromatic heterocycles. The summed E-state index contributed by atoms with van der Waals surface area (Å²) in [6.07, 6.45) is 2.86. The van der Waals surface area contributed by atoms with Crippen molar-refractivity contribution in [1.82, 2.24) is 0 Å². The van der Waals surface area contributed by atoms with E-state index in [0.29, 0.717) is 16.3 Å². The molecule has 0 saturated heterocycles. The van der Waals surface area contributed by atoms with Crippen molar-refractivity contribution in [3.63, 3.8) is 0 Å². The van der Waals surface area contributed by atoms with E-state index in [4.69, 9.17) is 16.3 Å². The third kappa shape index (κ3) is 4.86. The van der Waals surface area contributed by atoms with E-state index < -0.39 is 0 Å². The average molecular weight is 391 g/mol. The summed E-state index contributed by atoms with van der Waals surface area (Å²) in [5.41, 5.74) is 2.32. The molecule has 0 amide bonds. The molecule has 0 unspecified atom stereocenters. The Kier molecular flexibility index (Phi) is 6.27. The Morgan fingerprint density at radius 3 is 2.57 bits per heavy atom. The molecule has 0 aliphatic carbocycles. The Hall–Kier alpha value is -1.76. The lowest BCUT2D eigenvalue weighted by molar-refractivity contribution is 0.217. The second kappa shape index (κ2) is 8.19. The van der Waals surface area contributed by atoms with Gasteiger partial charge in [-0.15, -0.1) is 0 Å². The Morgan fingerprint density at radius 1 is 1.30 bits per heavy atom. The van der Waals surface area contributed by atoms with Crippen LogP contribution in [0, 0.1) is 11.3 Å². The standard InChI is InChI=1S/C19H17BrClNO/c1-3-13(2)23-19-9-4-14(11-18(19)21)10-16(12-22)15-5-7-17(20)8-6-15/h4-11,13H,3H2,1-2H3/b16-10+/t13-/m1/s1. The number of rotatable bonds is 5. The van der Waals surface area contributed by atoms with Crippen LogP contribution in [0.2, 0.25) is 5.02 Å². The number of ether oxygens (including phenoxy) is 1. The fraction of sp³-hybridized carbons (Fsp3) is 0.211. The van der Waals surface area contributed by atoms with Crippen molar-refractivity contribution >= 4 is 39.2 Å². The molecule has 2 aromatic rings. The van der Waals surface area contributed by atoms with E-state index in [1.165, 1.54) is 0 Å². The zero-order chi connectivity index (χ0) is 16.8. The van der Waals surface area contributed by atoms with Crippen LogP contribution in [0.25, 0.3) is 11.6 Å². The van der Waals surface area contributed by atoms with Gasteiger partial charge < -0.3 is 4.74 Å². The molecule has 118 valence electrons. The van der Waals surface area contributed by atoms with E-state index in [9.17, 15) is 5.26 Å². The SMILES string of the molecule is CC[C@@H](C)Oc1ccc(/C=C(\C#N)c2ccc(Br)cc2)cc1Cl. The number of allylic oxidation sites excluding steroid dienone is 1. The van der Waals surface area contributed by atoms with E-state index in [2.05, 4.69) is 28.9 Å². The van der Waals surface area contributed by atoms with Gasteiger partial charge in [-0.05, 0) is 54.8 Å². The second-order valence-corrected chi connectivity index (χ2v) is 6.53. The molecule has 2 aromatic carbocycles. The quantitative estimate of drug-likeness (QED) is 0.440. The molecule has 0 radical (unpaired) electrons. The molecular formula is C19H17BrClNO. The largest absolute Gasteiger partial charge is 0.489 e. The summed E-state index contributed by atoms with van der Waals surface area (Å²) < 4.78 is 6.74. The van der Waals surface area contributed by atoms with Gasteiger partial charge in [-0.1, -0.05) is 52.7 Å². The van der Waals surface area contributed by atoms with E-state index in [0.717, 1.165) is 22.0 Å². The monoisotopic (exact) mass is 389 g/mol. The highest BCUT2D eigenvalue weighted by Gasteiger charge is 2.07.